The molecule has 0 saturated heterocycles. The van der Waals surface area contributed by atoms with Gasteiger partial charge in [0.25, 0.3) is 0 Å². The van der Waals surface area contributed by atoms with Crippen molar-refractivity contribution < 1.29 is 42.9 Å². The number of hydrogen-bond acceptors (Lipinski definition) is 4. The predicted octanol–water partition coefficient (Wildman–Crippen LogP) is 5.73. The molecule has 1 fully saturated rings. The number of likely N-dealkylation sites (N-methyl/N-ethyl adjacent to an activating group) is 1. The Balaban J connectivity index is -0.000000155. The summed E-state index contributed by atoms with van der Waals surface area (Å²) >= 11 is 0. The van der Waals surface area contributed by atoms with Crippen molar-refractivity contribution in [3.05, 3.63) is 48.1 Å². The van der Waals surface area contributed by atoms with Crippen LogP contribution in [0.25, 0.3) is 0 Å². The minimum absolute atomic E-state index is 0. The van der Waals surface area contributed by atoms with Crippen molar-refractivity contribution >= 4 is 0 Å². The third kappa shape index (κ3) is 22.4. The second kappa shape index (κ2) is 27.9. The van der Waals surface area contributed by atoms with Crippen molar-refractivity contribution in [1.29, 1.82) is 0 Å². The van der Waals surface area contributed by atoms with Gasteiger partial charge >= 0.3 is 0 Å². The third-order valence-electron chi connectivity index (χ3n) is 4.42. The molecule has 0 amide bonds. The van der Waals surface area contributed by atoms with E-state index in [-0.39, 0.29) is 52.4 Å². The van der Waals surface area contributed by atoms with Crippen LogP contribution in [-0.4, -0.2) is 36.5 Å². The number of aliphatic hydroxyl groups excluding tert-OH is 2. The van der Waals surface area contributed by atoms with E-state index >= 15 is 0 Å². The largest absolute Gasteiger partial charge is 0.396 e. The minimum Gasteiger partial charge on any atom is -0.396 e. The van der Waals surface area contributed by atoms with Crippen LogP contribution in [0.1, 0.15) is 72.6 Å². The molecule has 1 atom stereocenters. The van der Waals surface area contributed by atoms with Crippen LogP contribution in [0.15, 0.2) is 48.1 Å². The monoisotopic (exact) mass is 485 g/mol. The number of hydrogen-bond donors (Lipinski definition) is 4. The summed E-state index contributed by atoms with van der Waals surface area (Å²) in [6, 6.07) is 0. The molecule has 3 aliphatic carbocycles. The van der Waals surface area contributed by atoms with Crippen molar-refractivity contribution in [2.75, 3.05) is 20.2 Å². The van der Waals surface area contributed by atoms with Gasteiger partial charge in [-0.05, 0) is 50.6 Å². The Labute approximate surface area is 206 Å². The van der Waals surface area contributed by atoms with E-state index in [4.69, 9.17) is 10.2 Å². The maximum atomic E-state index is 8.69. The van der Waals surface area contributed by atoms with E-state index in [0.717, 1.165) is 13.0 Å². The van der Waals surface area contributed by atoms with E-state index in [2.05, 4.69) is 35.7 Å². The topological polar surface area (TPSA) is 87.5 Å². The number of aliphatic hydroxyl groups is 2. The van der Waals surface area contributed by atoms with Gasteiger partial charge in [-0.1, -0.05) is 83.1 Å². The van der Waals surface area contributed by atoms with Gasteiger partial charge in [-0.2, -0.15) is 0 Å². The Morgan fingerprint density at radius 3 is 2.07 bits per heavy atom. The summed E-state index contributed by atoms with van der Waals surface area (Å²) in [5.74, 6) is 0.642. The van der Waals surface area contributed by atoms with Gasteiger partial charge in [0.15, 0.2) is 0 Å². The quantitative estimate of drug-likeness (QED) is 0.383. The Morgan fingerprint density at radius 1 is 1.14 bits per heavy atom. The molecule has 0 aromatic carbocycles. The first-order valence-corrected chi connectivity index (χ1v) is 10.4. The molecule has 0 aliphatic heterocycles. The van der Waals surface area contributed by atoms with E-state index < -0.39 is 0 Å². The molecule has 0 aromatic heterocycles. The first-order chi connectivity index (χ1) is 12.8. The molecule has 1 saturated carbocycles. The van der Waals surface area contributed by atoms with E-state index in [0.29, 0.717) is 12.5 Å². The summed E-state index contributed by atoms with van der Waals surface area (Å²) in [7, 11) is 1.96. The Bertz CT molecular complexity index is 429. The minimum atomic E-state index is -0.116. The Hall–Kier alpha value is -0.0961. The first kappa shape index (κ1) is 36.3. The van der Waals surface area contributed by atoms with Crippen LogP contribution in [0.4, 0.5) is 0 Å². The zero-order valence-electron chi connectivity index (χ0n) is 18.4. The van der Waals surface area contributed by atoms with Gasteiger partial charge in [-0.15, -0.1) is 0 Å². The molecular formula is C24H48N2O2Y. The van der Waals surface area contributed by atoms with Crippen LogP contribution in [-0.2, 0) is 32.7 Å². The SMILES string of the molecule is C.CC.CNC/C=C/C1=CC=CCC1.N.OC1C=CC1.OCC1CCCCC1.[Y]. The van der Waals surface area contributed by atoms with Gasteiger partial charge in [0.05, 0.1) is 6.10 Å². The molecule has 169 valence electrons. The average molecular weight is 486 g/mol. The van der Waals surface area contributed by atoms with E-state index in [1.165, 1.54) is 50.5 Å². The molecule has 0 bridgehead atoms. The molecule has 1 unspecified atom stereocenters. The molecule has 3 aliphatic rings. The van der Waals surface area contributed by atoms with Crippen LogP contribution in [0.3, 0.4) is 0 Å². The Kier molecular flexibility index (Phi) is 34.9. The summed E-state index contributed by atoms with van der Waals surface area (Å²) in [5.41, 5.74) is 1.43. The number of allylic oxidation sites excluding steroid dienone is 5. The second-order valence-electron chi connectivity index (χ2n) is 6.59. The van der Waals surface area contributed by atoms with Gasteiger partial charge < -0.3 is 21.7 Å². The van der Waals surface area contributed by atoms with Crippen molar-refractivity contribution in [3.63, 3.8) is 0 Å². The van der Waals surface area contributed by atoms with Crippen molar-refractivity contribution in [1.82, 2.24) is 11.5 Å². The second-order valence-corrected chi connectivity index (χ2v) is 6.59. The van der Waals surface area contributed by atoms with Crippen molar-refractivity contribution in [2.45, 2.75) is 78.7 Å². The van der Waals surface area contributed by atoms with E-state index in [1.54, 1.807) is 6.08 Å². The van der Waals surface area contributed by atoms with E-state index in [1.807, 2.05) is 27.0 Å². The summed E-state index contributed by atoms with van der Waals surface area (Å²) < 4.78 is 0. The maximum Gasteiger partial charge on any atom is 0.0755 e. The summed E-state index contributed by atoms with van der Waals surface area (Å²) in [5, 5.41) is 20.1. The van der Waals surface area contributed by atoms with E-state index in [9.17, 15) is 0 Å². The molecule has 29 heavy (non-hydrogen) atoms. The summed E-state index contributed by atoms with van der Waals surface area (Å²) in [4.78, 5) is 0. The van der Waals surface area contributed by atoms with Crippen LogP contribution in [0, 0.1) is 5.92 Å². The summed E-state index contributed by atoms with van der Waals surface area (Å²) in [6.45, 7) is 5.38. The Morgan fingerprint density at radius 2 is 1.72 bits per heavy atom. The van der Waals surface area contributed by atoms with Crippen molar-refractivity contribution in [3.8, 4) is 0 Å². The predicted molar refractivity (Wildman–Crippen MR) is 126 cm³/mol. The molecule has 3 rings (SSSR count). The van der Waals surface area contributed by atoms with Gasteiger partial charge in [0.2, 0.25) is 0 Å². The average Bonchev–Trinajstić information content (AvgIpc) is 2.70. The fourth-order valence-electron chi connectivity index (χ4n) is 2.72. The zero-order chi connectivity index (χ0) is 19.5. The van der Waals surface area contributed by atoms with Crippen molar-refractivity contribution in [2.24, 2.45) is 5.92 Å². The van der Waals surface area contributed by atoms with Crippen LogP contribution in [0.2, 0.25) is 0 Å². The molecule has 4 nitrogen and oxygen atoms in total. The molecule has 0 heterocycles. The fraction of sp³-hybridized carbons (Fsp3) is 0.667. The van der Waals surface area contributed by atoms with Gasteiger partial charge in [-0.3, -0.25) is 0 Å². The normalized spacial score (nSPS) is 19.1. The fourth-order valence-corrected chi connectivity index (χ4v) is 2.72. The zero-order valence-corrected chi connectivity index (χ0v) is 21.3. The van der Waals surface area contributed by atoms with Gasteiger partial charge in [0.1, 0.15) is 0 Å². The molecule has 1 radical (unpaired) electrons. The smallest absolute Gasteiger partial charge is 0.0755 e. The number of rotatable bonds is 4. The third-order valence-corrected chi connectivity index (χ3v) is 4.42. The molecule has 0 aromatic rings. The standard InChI is InChI=1S/C10H15N.C7H14O.C4H6O.C2H6.CH4.H3N.Y/c1-11-9-5-8-10-6-3-2-4-7-10;8-6-7-4-2-1-3-5-7;5-4-2-1-3-4;1-2;;;/h2-3,5-6,8,11H,4,7,9H2,1H3;7-8H,1-6H2;1-2,4-5H,3H2;1-2H3;1H4;1H3;/b8-5+;;;;;;. The van der Waals surface area contributed by atoms with Gasteiger partial charge in [0, 0.05) is 45.9 Å². The summed E-state index contributed by atoms with van der Waals surface area (Å²) in [6.07, 6.45) is 24.3. The van der Waals surface area contributed by atoms with Crippen LogP contribution >= 0.6 is 0 Å². The molecule has 6 N–H and O–H groups in total. The molecule has 5 heteroatoms. The molecule has 0 spiro atoms. The molecular weight excluding hydrogens is 437 g/mol. The van der Waals surface area contributed by atoms with Crippen LogP contribution in [0.5, 0.6) is 0 Å². The van der Waals surface area contributed by atoms with Gasteiger partial charge in [-0.25, -0.2) is 0 Å². The first-order valence-electron chi connectivity index (χ1n) is 10.4. The maximum absolute atomic E-state index is 8.69. The number of nitrogens with one attached hydrogen (secondary N) is 1. The van der Waals surface area contributed by atoms with Crippen LogP contribution < -0.4 is 11.5 Å².